The zero-order valence-electron chi connectivity index (χ0n) is 10.6. The zero-order chi connectivity index (χ0) is 13.9. The molecule has 0 saturated heterocycles. The van der Waals surface area contributed by atoms with Crippen LogP contribution in [-0.4, -0.2) is 16.9 Å². The van der Waals surface area contributed by atoms with Gasteiger partial charge in [0.05, 0.1) is 4.92 Å². The summed E-state index contributed by atoms with van der Waals surface area (Å²) < 4.78 is 0. The standard InChI is InChI=1S/C12H17N3O3/c1-7(2)11(12(13)16)14-10-5-4-9(15(17)18)6-8(10)3/h4-7,11,14H,1-3H3,(H2,13,16). The molecular weight excluding hydrogens is 234 g/mol. The molecule has 0 saturated carbocycles. The van der Waals surface area contributed by atoms with E-state index in [1.807, 2.05) is 13.8 Å². The van der Waals surface area contributed by atoms with Crippen molar-refractivity contribution >= 4 is 17.3 Å². The van der Waals surface area contributed by atoms with E-state index in [-0.39, 0.29) is 11.6 Å². The first kappa shape index (κ1) is 14.0. The highest BCUT2D eigenvalue weighted by Gasteiger charge is 2.20. The Morgan fingerprint density at radius 1 is 1.44 bits per heavy atom. The van der Waals surface area contributed by atoms with E-state index in [0.29, 0.717) is 11.3 Å². The quantitative estimate of drug-likeness (QED) is 0.616. The Labute approximate surface area is 105 Å². The van der Waals surface area contributed by atoms with Gasteiger partial charge < -0.3 is 11.1 Å². The number of rotatable bonds is 5. The van der Waals surface area contributed by atoms with Crippen molar-refractivity contribution in [1.29, 1.82) is 0 Å². The van der Waals surface area contributed by atoms with Crippen LogP contribution in [0.25, 0.3) is 0 Å². The Hall–Kier alpha value is -2.11. The Morgan fingerprint density at radius 3 is 2.44 bits per heavy atom. The highest BCUT2D eigenvalue weighted by Crippen LogP contribution is 2.22. The second kappa shape index (κ2) is 5.48. The summed E-state index contributed by atoms with van der Waals surface area (Å²) in [6.45, 7) is 5.50. The molecule has 1 atom stereocenters. The van der Waals surface area contributed by atoms with Crippen molar-refractivity contribution in [1.82, 2.24) is 0 Å². The van der Waals surface area contributed by atoms with Gasteiger partial charge in [-0.15, -0.1) is 0 Å². The molecule has 0 heterocycles. The number of hydrogen-bond donors (Lipinski definition) is 2. The van der Waals surface area contributed by atoms with Crippen molar-refractivity contribution in [3.05, 3.63) is 33.9 Å². The van der Waals surface area contributed by atoms with E-state index in [1.165, 1.54) is 12.1 Å². The van der Waals surface area contributed by atoms with Crippen LogP contribution in [0.3, 0.4) is 0 Å². The van der Waals surface area contributed by atoms with E-state index in [2.05, 4.69) is 5.32 Å². The lowest BCUT2D eigenvalue weighted by molar-refractivity contribution is -0.384. The summed E-state index contributed by atoms with van der Waals surface area (Å²) in [5, 5.41) is 13.6. The van der Waals surface area contributed by atoms with Gasteiger partial charge in [0.15, 0.2) is 0 Å². The third-order valence-corrected chi connectivity index (χ3v) is 2.71. The number of nitro groups is 1. The van der Waals surface area contributed by atoms with Gasteiger partial charge in [-0.2, -0.15) is 0 Å². The number of primary amides is 1. The first-order valence-electron chi connectivity index (χ1n) is 5.63. The molecular formula is C12H17N3O3. The van der Waals surface area contributed by atoms with Crippen molar-refractivity contribution in [3.8, 4) is 0 Å². The second-order valence-electron chi connectivity index (χ2n) is 4.52. The molecule has 0 aromatic heterocycles. The minimum Gasteiger partial charge on any atom is -0.373 e. The van der Waals surface area contributed by atoms with Gasteiger partial charge in [0.2, 0.25) is 5.91 Å². The van der Waals surface area contributed by atoms with Crippen molar-refractivity contribution in [2.45, 2.75) is 26.8 Å². The van der Waals surface area contributed by atoms with Crippen LogP contribution in [-0.2, 0) is 4.79 Å². The molecule has 0 aliphatic carbocycles. The lowest BCUT2D eigenvalue weighted by atomic mass is 10.0. The number of hydrogen-bond acceptors (Lipinski definition) is 4. The molecule has 0 spiro atoms. The summed E-state index contributed by atoms with van der Waals surface area (Å²) in [7, 11) is 0. The van der Waals surface area contributed by atoms with E-state index in [9.17, 15) is 14.9 Å². The SMILES string of the molecule is Cc1cc([N+](=O)[O-])ccc1NC(C(N)=O)C(C)C. The van der Waals surface area contributed by atoms with Gasteiger partial charge in [-0.1, -0.05) is 13.8 Å². The minimum absolute atomic E-state index is 0.0261. The molecule has 1 rings (SSSR count). The summed E-state index contributed by atoms with van der Waals surface area (Å²) in [5.74, 6) is -0.403. The first-order valence-corrected chi connectivity index (χ1v) is 5.63. The zero-order valence-corrected chi connectivity index (χ0v) is 10.6. The number of anilines is 1. The minimum atomic E-state index is -0.495. The van der Waals surface area contributed by atoms with Crippen LogP contribution in [0, 0.1) is 23.0 Å². The fourth-order valence-electron chi connectivity index (χ4n) is 1.66. The summed E-state index contributed by atoms with van der Waals surface area (Å²) >= 11 is 0. The molecule has 0 aliphatic rings. The average molecular weight is 251 g/mol. The summed E-state index contributed by atoms with van der Waals surface area (Å²) in [6.07, 6.45) is 0. The number of nitrogens with two attached hydrogens (primary N) is 1. The highest BCUT2D eigenvalue weighted by atomic mass is 16.6. The third kappa shape index (κ3) is 3.19. The molecule has 0 radical (unpaired) electrons. The van der Waals surface area contributed by atoms with Gasteiger partial charge in [-0.05, 0) is 24.5 Å². The number of nitrogens with zero attached hydrogens (tertiary/aromatic N) is 1. The van der Waals surface area contributed by atoms with E-state index in [1.54, 1.807) is 13.0 Å². The maximum Gasteiger partial charge on any atom is 0.269 e. The van der Waals surface area contributed by atoms with Crippen molar-refractivity contribution in [2.75, 3.05) is 5.32 Å². The van der Waals surface area contributed by atoms with Gasteiger partial charge in [0.1, 0.15) is 6.04 Å². The molecule has 0 fully saturated rings. The molecule has 0 bridgehead atoms. The molecule has 6 heteroatoms. The van der Waals surface area contributed by atoms with Gasteiger partial charge in [0, 0.05) is 17.8 Å². The fourth-order valence-corrected chi connectivity index (χ4v) is 1.66. The maximum atomic E-state index is 11.3. The molecule has 98 valence electrons. The topological polar surface area (TPSA) is 98.3 Å². The number of amides is 1. The van der Waals surface area contributed by atoms with E-state index < -0.39 is 16.9 Å². The predicted octanol–water partition coefficient (Wildman–Crippen LogP) is 1.83. The lowest BCUT2D eigenvalue weighted by Crippen LogP contribution is -2.39. The Bertz CT molecular complexity index is 472. The number of carbonyl (C=O) groups is 1. The van der Waals surface area contributed by atoms with Gasteiger partial charge in [-0.3, -0.25) is 14.9 Å². The number of nitrogens with one attached hydrogen (secondary N) is 1. The smallest absolute Gasteiger partial charge is 0.269 e. The molecule has 3 N–H and O–H groups in total. The third-order valence-electron chi connectivity index (χ3n) is 2.71. The van der Waals surface area contributed by atoms with Crippen molar-refractivity contribution in [2.24, 2.45) is 11.7 Å². The second-order valence-corrected chi connectivity index (χ2v) is 4.52. The summed E-state index contributed by atoms with van der Waals surface area (Å²) in [5.41, 5.74) is 6.71. The monoisotopic (exact) mass is 251 g/mol. The van der Waals surface area contributed by atoms with Crippen LogP contribution >= 0.6 is 0 Å². The molecule has 0 aliphatic heterocycles. The van der Waals surface area contributed by atoms with Crippen LogP contribution < -0.4 is 11.1 Å². The van der Waals surface area contributed by atoms with Crippen LogP contribution in [0.15, 0.2) is 18.2 Å². The number of benzene rings is 1. The van der Waals surface area contributed by atoms with Gasteiger partial charge in [0.25, 0.3) is 5.69 Å². The molecule has 1 unspecified atom stereocenters. The van der Waals surface area contributed by atoms with Crippen molar-refractivity contribution in [3.63, 3.8) is 0 Å². The van der Waals surface area contributed by atoms with Crippen LogP contribution in [0.1, 0.15) is 19.4 Å². The predicted molar refractivity (Wildman–Crippen MR) is 69.3 cm³/mol. The Kier molecular flexibility index (Phi) is 4.25. The van der Waals surface area contributed by atoms with Crippen LogP contribution in [0.5, 0.6) is 0 Å². The van der Waals surface area contributed by atoms with E-state index in [4.69, 9.17) is 5.73 Å². The van der Waals surface area contributed by atoms with E-state index in [0.717, 1.165) is 0 Å². The molecule has 1 aromatic rings. The lowest BCUT2D eigenvalue weighted by Gasteiger charge is -2.21. The highest BCUT2D eigenvalue weighted by molar-refractivity contribution is 5.83. The van der Waals surface area contributed by atoms with Crippen LogP contribution in [0.4, 0.5) is 11.4 Å². The normalized spacial score (nSPS) is 12.2. The van der Waals surface area contributed by atoms with Gasteiger partial charge >= 0.3 is 0 Å². The number of carbonyl (C=O) groups excluding carboxylic acids is 1. The van der Waals surface area contributed by atoms with Gasteiger partial charge in [-0.25, -0.2) is 0 Å². The first-order chi connectivity index (χ1) is 8.32. The average Bonchev–Trinajstić information content (AvgIpc) is 2.25. The summed E-state index contributed by atoms with van der Waals surface area (Å²) in [6, 6.07) is 3.95. The Balaban J connectivity index is 2.97. The molecule has 6 nitrogen and oxygen atoms in total. The largest absolute Gasteiger partial charge is 0.373 e. The fraction of sp³-hybridized carbons (Fsp3) is 0.417. The van der Waals surface area contributed by atoms with Crippen molar-refractivity contribution < 1.29 is 9.72 Å². The number of nitro benzene ring substituents is 1. The number of aryl methyl sites for hydroxylation is 1. The maximum absolute atomic E-state index is 11.3. The van der Waals surface area contributed by atoms with Crippen LogP contribution in [0.2, 0.25) is 0 Å². The van der Waals surface area contributed by atoms with E-state index >= 15 is 0 Å². The molecule has 18 heavy (non-hydrogen) atoms. The summed E-state index contributed by atoms with van der Waals surface area (Å²) in [4.78, 5) is 21.4. The molecule has 1 amide bonds. The number of non-ortho nitro benzene ring substituents is 1. The molecule has 1 aromatic carbocycles. The Morgan fingerprint density at radius 2 is 2.06 bits per heavy atom.